The van der Waals surface area contributed by atoms with Gasteiger partial charge in [-0.15, -0.1) is 0 Å². The Morgan fingerprint density at radius 2 is 1.83 bits per heavy atom. The summed E-state index contributed by atoms with van der Waals surface area (Å²) in [6, 6.07) is 22.9. The van der Waals surface area contributed by atoms with Gasteiger partial charge in [0.05, 0.1) is 48.5 Å². The van der Waals surface area contributed by atoms with Crippen molar-refractivity contribution in [3.8, 4) is 17.6 Å². The van der Waals surface area contributed by atoms with Crippen LogP contribution in [0.3, 0.4) is 0 Å². The number of ether oxygens (including phenoxy) is 2. The molecule has 0 spiro atoms. The van der Waals surface area contributed by atoms with E-state index in [-0.39, 0.29) is 24.5 Å². The zero-order valence-electron chi connectivity index (χ0n) is 26.6. The summed E-state index contributed by atoms with van der Waals surface area (Å²) in [4.78, 5) is 40.9. The van der Waals surface area contributed by atoms with Crippen molar-refractivity contribution in [2.24, 2.45) is 5.41 Å². The number of halogens is 1. The maximum Gasteiger partial charge on any atom is 0.307 e. The Bertz CT molecular complexity index is 1870. The molecule has 0 aliphatic carbocycles. The normalized spacial score (nSPS) is 17.6. The molecular formula is C36H36FN5O5. The van der Waals surface area contributed by atoms with Crippen LogP contribution in [0.1, 0.15) is 59.1 Å². The van der Waals surface area contributed by atoms with E-state index in [9.17, 15) is 24.0 Å². The highest BCUT2D eigenvalue weighted by Crippen LogP contribution is 2.45. The summed E-state index contributed by atoms with van der Waals surface area (Å²) in [5.41, 5.74) is 1.46. The Kier molecular flexibility index (Phi) is 9.82. The fourth-order valence-corrected chi connectivity index (χ4v) is 5.81. The third-order valence-electron chi connectivity index (χ3n) is 8.30. The molecule has 0 radical (unpaired) electrons. The molecule has 1 unspecified atom stereocenters. The average molecular weight is 638 g/mol. The predicted octanol–water partition coefficient (Wildman–Crippen LogP) is 5.53. The molecule has 2 heterocycles. The van der Waals surface area contributed by atoms with Crippen LogP contribution in [0.5, 0.6) is 11.5 Å². The first kappa shape index (κ1) is 33.0. The van der Waals surface area contributed by atoms with Gasteiger partial charge in [-0.2, -0.15) is 10.4 Å². The van der Waals surface area contributed by atoms with E-state index < -0.39 is 46.8 Å². The van der Waals surface area contributed by atoms with Crippen LogP contribution in [0.25, 0.3) is 0 Å². The second-order valence-corrected chi connectivity index (χ2v) is 12.2. The molecule has 10 nitrogen and oxygen atoms in total. The summed E-state index contributed by atoms with van der Waals surface area (Å²) < 4.78 is 26.6. The van der Waals surface area contributed by atoms with Crippen molar-refractivity contribution in [2.75, 3.05) is 6.54 Å². The van der Waals surface area contributed by atoms with E-state index in [0.717, 1.165) is 5.56 Å². The Hall–Kier alpha value is -5.34. The number of aryl methyl sites for hydroxylation is 2. The largest absolute Gasteiger partial charge is 0.451 e. The van der Waals surface area contributed by atoms with Crippen molar-refractivity contribution in [1.82, 2.24) is 20.4 Å². The minimum atomic E-state index is -0.974. The van der Waals surface area contributed by atoms with Gasteiger partial charge in [-0.05, 0) is 81.1 Å². The van der Waals surface area contributed by atoms with Crippen LogP contribution < -0.4 is 15.6 Å². The molecule has 47 heavy (non-hydrogen) atoms. The number of carbonyl (C=O) groups excluding carboxylic acids is 2. The lowest BCUT2D eigenvalue weighted by Gasteiger charge is -2.36. The summed E-state index contributed by atoms with van der Waals surface area (Å²) in [5.74, 6) is -0.940. The number of nitrogens with one attached hydrogen (secondary N) is 2. The average Bonchev–Trinajstić information content (AvgIpc) is 3.46. The van der Waals surface area contributed by atoms with E-state index in [0.29, 0.717) is 29.0 Å². The van der Waals surface area contributed by atoms with Gasteiger partial charge in [0.15, 0.2) is 5.75 Å². The third kappa shape index (κ3) is 7.56. The smallest absolute Gasteiger partial charge is 0.307 e. The number of hydrogen-bond acceptors (Lipinski definition) is 7. The van der Waals surface area contributed by atoms with Gasteiger partial charge in [0.1, 0.15) is 11.6 Å². The number of benzene rings is 3. The maximum atomic E-state index is 14.5. The van der Waals surface area contributed by atoms with Gasteiger partial charge in [0.2, 0.25) is 5.91 Å². The van der Waals surface area contributed by atoms with Crippen molar-refractivity contribution < 1.29 is 23.5 Å². The number of nitrogens with zero attached hydrogens (tertiary/aromatic N) is 3. The SMILES string of the molecule is Cc1cc(Oc2ccc(C(=O)NCC(=O)N3C(C(C)(C)C#N)C[C@@H](OCc4ccccc4)[C@H]3c3cccc(F)c3)cc2C)c(=O)[nH]n1. The Labute approximate surface area is 272 Å². The third-order valence-corrected chi connectivity index (χ3v) is 8.30. The molecule has 2 amide bonds. The highest BCUT2D eigenvalue weighted by molar-refractivity contribution is 5.97. The van der Waals surface area contributed by atoms with Crippen LogP contribution in [0.2, 0.25) is 0 Å². The van der Waals surface area contributed by atoms with E-state index in [1.807, 2.05) is 30.3 Å². The topological polar surface area (TPSA) is 137 Å². The zero-order valence-corrected chi connectivity index (χ0v) is 26.6. The molecule has 1 fully saturated rings. The van der Waals surface area contributed by atoms with Crippen molar-refractivity contribution >= 4 is 11.8 Å². The summed E-state index contributed by atoms with van der Waals surface area (Å²) >= 11 is 0. The minimum absolute atomic E-state index is 0.0720. The van der Waals surface area contributed by atoms with Gasteiger partial charge in [-0.1, -0.05) is 42.5 Å². The minimum Gasteiger partial charge on any atom is -0.451 e. The number of nitriles is 1. The van der Waals surface area contributed by atoms with E-state index in [1.54, 1.807) is 56.9 Å². The molecule has 3 aromatic carbocycles. The number of carbonyl (C=O) groups is 2. The van der Waals surface area contributed by atoms with Crippen LogP contribution in [0.4, 0.5) is 4.39 Å². The number of rotatable bonds is 10. The Balaban J connectivity index is 1.36. The molecular weight excluding hydrogens is 601 g/mol. The first-order chi connectivity index (χ1) is 22.5. The quantitative estimate of drug-likeness (QED) is 0.233. The van der Waals surface area contributed by atoms with Gasteiger partial charge >= 0.3 is 5.56 Å². The maximum absolute atomic E-state index is 14.5. The lowest BCUT2D eigenvalue weighted by molar-refractivity contribution is -0.136. The first-order valence-corrected chi connectivity index (χ1v) is 15.2. The molecule has 0 saturated carbocycles. The predicted molar refractivity (Wildman–Crippen MR) is 172 cm³/mol. The number of amides is 2. The lowest BCUT2D eigenvalue weighted by atomic mass is 9.84. The van der Waals surface area contributed by atoms with Crippen molar-refractivity contribution in [3.63, 3.8) is 0 Å². The molecule has 4 aromatic rings. The number of H-pyrrole nitrogens is 1. The first-order valence-electron chi connectivity index (χ1n) is 15.2. The van der Waals surface area contributed by atoms with Crippen LogP contribution in [-0.4, -0.2) is 45.6 Å². The molecule has 242 valence electrons. The lowest BCUT2D eigenvalue weighted by Crippen LogP contribution is -2.48. The van der Waals surface area contributed by atoms with E-state index in [2.05, 4.69) is 21.6 Å². The zero-order chi connectivity index (χ0) is 33.7. The van der Waals surface area contributed by atoms with Gasteiger partial charge in [-0.25, -0.2) is 9.49 Å². The second-order valence-electron chi connectivity index (χ2n) is 12.2. The van der Waals surface area contributed by atoms with E-state index in [4.69, 9.17) is 9.47 Å². The van der Waals surface area contributed by atoms with E-state index in [1.165, 1.54) is 24.3 Å². The van der Waals surface area contributed by atoms with E-state index >= 15 is 0 Å². The number of aromatic nitrogens is 2. The second kappa shape index (κ2) is 14.0. The molecule has 1 saturated heterocycles. The highest BCUT2D eigenvalue weighted by atomic mass is 19.1. The summed E-state index contributed by atoms with van der Waals surface area (Å²) in [5, 5.41) is 19.0. The summed E-state index contributed by atoms with van der Waals surface area (Å²) in [7, 11) is 0. The molecule has 1 aliphatic heterocycles. The van der Waals surface area contributed by atoms with Crippen LogP contribution >= 0.6 is 0 Å². The van der Waals surface area contributed by atoms with Gasteiger partial charge in [0.25, 0.3) is 5.91 Å². The molecule has 1 aromatic heterocycles. The summed E-state index contributed by atoms with van der Waals surface area (Å²) in [6.07, 6.45) is -0.199. The van der Waals surface area contributed by atoms with Gasteiger partial charge in [0, 0.05) is 11.6 Å². The standard InChI is InChI=1S/C36H36FN5O5/c1-22-15-26(13-14-28(22)47-30-16-23(2)40-41-35(30)45)34(44)39-19-32(43)42-31(36(3,4)21-38)18-29(46-20-24-9-6-5-7-10-24)33(42)25-11-8-12-27(37)17-25/h5-17,29,31,33H,18-20H2,1-4H3,(H,39,44)(H,41,45)/t29-,31?,33-/m1/s1. The van der Waals surface area contributed by atoms with Gasteiger partial charge < -0.3 is 19.7 Å². The van der Waals surface area contributed by atoms with Crippen molar-refractivity contribution in [1.29, 1.82) is 5.26 Å². The number of aromatic amines is 1. The Morgan fingerprint density at radius 3 is 2.53 bits per heavy atom. The van der Waals surface area contributed by atoms with Crippen LogP contribution in [0, 0.1) is 36.4 Å². The van der Waals surface area contributed by atoms with Crippen LogP contribution in [-0.2, 0) is 16.1 Å². The number of hydrogen-bond donors (Lipinski definition) is 2. The molecule has 11 heteroatoms. The molecule has 5 rings (SSSR count). The van der Waals surface area contributed by atoms with Crippen LogP contribution in [0.15, 0.2) is 83.7 Å². The molecule has 0 bridgehead atoms. The molecule has 2 N–H and O–H groups in total. The van der Waals surface area contributed by atoms with Crippen molar-refractivity contribution in [2.45, 2.75) is 58.9 Å². The van der Waals surface area contributed by atoms with Gasteiger partial charge in [-0.3, -0.25) is 14.4 Å². The highest BCUT2D eigenvalue weighted by Gasteiger charge is 2.51. The molecule has 3 atom stereocenters. The summed E-state index contributed by atoms with van der Waals surface area (Å²) in [6.45, 7) is 6.87. The number of likely N-dealkylation sites (tertiary alicyclic amines) is 1. The fraction of sp³-hybridized carbons (Fsp3) is 0.306. The monoisotopic (exact) mass is 637 g/mol. The fourth-order valence-electron chi connectivity index (χ4n) is 5.81. The Morgan fingerprint density at radius 1 is 1.06 bits per heavy atom. The van der Waals surface area contributed by atoms with Crippen molar-refractivity contribution in [3.05, 3.63) is 123 Å². The molecule has 1 aliphatic rings.